The van der Waals surface area contributed by atoms with E-state index in [4.69, 9.17) is 5.73 Å². The molecular formula is C13H24ClN3OS. The number of aryl methyl sites for hydroxylation is 1. The van der Waals surface area contributed by atoms with E-state index in [9.17, 15) is 4.79 Å². The van der Waals surface area contributed by atoms with Gasteiger partial charge in [-0.05, 0) is 19.8 Å². The van der Waals surface area contributed by atoms with Crippen molar-refractivity contribution in [1.29, 1.82) is 0 Å². The molecule has 0 spiro atoms. The maximum absolute atomic E-state index is 11.9. The van der Waals surface area contributed by atoms with Gasteiger partial charge in [0.1, 0.15) is 0 Å². The third kappa shape index (κ3) is 5.89. The summed E-state index contributed by atoms with van der Waals surface area (Å²) >= 11 is 1.67. The van der Waals surface area contributed by atoms with Crippen LogP contribution in [0.3, 0.4) is 0 Å². The van der Waals surface area contributed by atoms with Crippen molar-refractivity contribution in [2.45, 2.75) is 52.0 Å². The number of carbonyl (C=O) groups excluding carboxylic acids is 1. The van der Waals surface area contributed by atoms with Gasteiger partial charge in [0.2, 0.25) is 5.91 Å². The van der Waals surface area contributed by atoms with E-state index in [0.29, 0.717) is 13.0 Å². The van der Waals surface area contributed by atoms with Gasteiger partial charge in [0.25, 0.3) is 0 Å². The molecule has 0 saturated heterocycles. The second-order valence-corrected chi connectivity index (χ2v) is 5.70. The van der Waals surface area contributed by atoms with Crippen LogP contribution >= 0.6 is 23.7 Å². The maximum Gasteiger partial charge on any atom is 0.239 e. The topological polar surface area (TPSA) is 68.0 Å². The molecule has 0 aliphatic heterocycles. The standard InChI is InChI=1S/C13H23N3OS.ClH/c1-4-7-13(3,14)12(17)15-8-6-10-9-18-11(5-2)16-10;/h9H,4-8,14H2,1-3H3,(H,15,17);1H. The molecule has 3 N–H and O–H groups in total. The van der Waals surface area contributed by atoms with Gasteiger partial charge < -0.3 is 11.1 Å². The summed E-state index contributed by atoms with van der Waals surface area (Å²) in [7, 11) is 0. The first-order valence-electron chi connectivity index (χ1n) is 6.50. The highest BCUT2D eigenvalue weighted by molar-refractivity contribution is 7.09. The van der Waals surface area contributed by atoms with Crippen LogP contribution in [0.15, 0.2) is 5.38 Å². The van der Waals surface area contributed by atoms with Crippen molar-refractivity contribution in [3.8, 4) is 0 Å². The second-order valence-electron chi connectivity index (χ2n) is 4.76. The maximum atomic E-state index is 11.9. The molecule has 1 aromatic heterocycles. The van der Waals surface area contributed by atoms with Crippen molar-refractivity contribution >= 4 is 29.7 Å². The first-order chi connectivity index (χ1) is 8.49. The van der Waals surface area contributed by atoms with E-state index in [-0.39, 0.29) is 18.3 Å². The van der Waals surface area contributed by atoms with Gasteiger partial charge in [-0.15, -0.1) is 23.7 Å². The Bertz CT molecular complexity index is 393. The molecule has 0 aromatic carbocycles. The largest absolute Gasteiger partial charge is 0.354 e. The summed E-state index contributed by atoms with van der Waals surface area (Å²) in [6.45, 7) is 6.50. The summed E-state index contributed by atoms with van der Waals surface area (Å²) in [5.41, 5.74) is 6.24. The van der Waals surface area contributed by atoms with Crippen molar-refractivity contribution in [2.75, 3.05) is 6.54 Å². The van der Waals surface area contributed by atoms with Crippen LogP contribution in [0.4, 0.5) is 0 Å². The Hall–Kier alpha value is -0.650. The highest BCUT2D eigenvalue weighted by Gasteiger charge is 2.26. The summed E-state index contributed by atoms with van der Waals surface area (Å²) < 4.78 is 0. The molecule has 1 amide bonds. The predicted molar refractivity (Wildman–Crippen MR) is 83.0 cm³/mol. The number of nitrogens with zero attached hydrogens (tertiary/aromatic N) is 1. The fraction of sp³-hybridized carbons (Fsp3) is 0.692. The summed E-state index contributed by atoms with van der Waals surface area (Å²) in [5, 5.41) is 6.08. The third-order valence-electron chi connectivity index (χ3n) is 2.86. The minimum Gasteiger partial charge on any atom is -0.354 e. The summed E-state index contributed by atoms with van der Waals surface area (Å²) in [6.07, 6.45) is 3.35. The van der Waals surface area contributed by atoms with Gasteiger partial charge in [-0.2, -0.15) is 0 Å². The molecular weight excluding hydrogens is 282 g/mol. The molecule has 0 saturated carbocycles. The van der Waals surface area contributed by atoms with Crippen LogP contribution in [0, 0.1) is 0 Å². The van der Waals surface area contributed by atoms with Crippen molar-refractivity contribution < 1.29 is 4.79 Å². The molecule has 1 heterocycles. The van der Waals surface area contributed by atoms with Gasteiger partial charge in [0, 0.05) is 18.3 Å². The van der Waals surface area contributed by atoms with Crippen LogP contribution in [0.1, 0.15) is 44.3 Å². The number of aromatic nitrogens is 1. The van der Waals surface area contributed by atoms with Gasteiger partial charge in [-0.1, -0.05) is 20.3 Å². The molecule has 0 aliphatic rings. The van der Waals surface area contributed by atoms with Crippen LogP contribution in [0.2, 0.25) is 0 Å². The number of halogens is 1. The fourth-order valence-electron chi connectivity index (χ4n) is 1.77. The monoisotopic (exact) mass is 305 g/mol. The minimum absolute atomic E-state index is 0. The molecule has 1 aromatic rings. The van der Waals surface area contributed by atoms with E-state index < -0.39 is 5.54 Å². The minimum atomic E-state index is -0.759. The Morgan fingerprint density at radius 1 is 1.53 bits per heavy atom. The lowest BCUT2D eigenvalue weighted by atomic mass is 9.96. The molecule has 110 valence electrons. The highest BCUT2D eigenvalue weighted by atomic mass is 35.5. The number of carbonyl (C=O) groups is 1. The van der Waals surface area contributed by atoms with Crippen molar-refractivity contribution in [1.82, 2.24) is 10.3 Å². The first-order valence-corrected chi connectivity index (χ1v) is 7.38. The molecule has 1 rings (SSSR count). The molecule has 0 aliphatic carbocycles. The van der Waals surface area contributed by atoms with Crippen LogP contribution in [0.25, 0.3) is 0 Å². The molecule has 0 bridgehead atoms. The van der Waals surface area contributed by atoms with Gasteiger partial charge >= 0.3 is 0 Å². The van der Waals surface area contributed by atoms with Crippen molar-refractivity contribution in [2.24, 2.45) is 5.73 Å². The lowest BCUT2D eigenvalue weighted by Crippen LogP contribution is -2.51. The van der Waals surface area contributed by atoms with Crippen LogP contribution in [-0.2, 0) is 17.6 Å². The van der Waals surface area contributed by atoms with Crippen molar-refractivity contribution in [3.05, 3.63) is 16.1 Å². The zero-order valence-electron chi connectivity index (χ0n) is 11.9. The number of amides is 1. The molecule has 19 heavy (non-hydrogen) atoms. The molecule has 0 fully saturated rings. The number of nitrogens with one attached hydrogen (secondary N) is 1. The van der Waals surface area contributed by atoms with Crippen LogP contribution < -0.4 is 11.1 Å². The molecule has 1 atom stereocenters. The fourth-order valence-corrected chi connectivity index (χ4v) is 2.54. The van der Waals surface area contributed by atoms with E-state index in [2.05, 4.69) is 22.6 Å². The number of thiazole rings is 1. The highest BCUT2D eigenvalue weighted by Crippen LogP contribution is 2.11. The Labute approximate surface area is 125 Å². The SMILES string of the molecule is CCCC(C)(N)C(=O)NCCc1csc(CC)n1.Cl. The van der Waals surface area contributed by atoms with Gasteiger partial charge in [-0.3, -0.25) is 4.79 Å². The van der Waals surface area contributed by atoms with E-state index in [1.165, 1.54) is 0 Å². The Kier molecular flexibility index (Phi) is 8.22. The van der Waals surface area contributed by atoms with E-state index in [0.717, 1.165) is 30.0 Å². The molecule has 6 heteroatoms. The van der Waals surface area contributed by atoms with Gasteiger partial charge in [0.15, 0.2) is 0 Å². The normalized spacial score (nSPS) is 13.5. The Balaban J connectivity index is 0.00000324. The number of hydrogen-bond acceptors (Lipinski definition) is 4. The molecule has 1 unspecified atom stereocenters. The number of rotatable bonds is 7. The summed E-state index contributed by atoms with van der Waals surface area (Å²) in [5.74, 6) is -0.0738. The number of nitrogens with two attached hydrogens (primary N) is 1. The molecule has 0 radical (unpaired) electrons. The zero-order chi connectivity index (χ0) is 13.6. The third-order valence-corrected chi connectivity index (χ3v) is 3.90. The Morgan fingerprint density at radius 2 is 2.21 bits per heavy atom. The van der Waals surface area contributed by atoms with Gasteiger partial charge in [0.05, 0.1) is 16.2 Å². The summed E-state index contributed by atoms with van der Waals surface area (Å²) in [6, 6.07) is 0. The molecule has 4 nitrogen and oxygen atoms in total. The van der Waals surface area contributed by atoms with E-state index >= 15 is 0 Å². The van der Waals surface area contributed by atoms with E-state index in [1.54, 1.807) is 18.3 Å². The number of hydrogen-bond donors (Lipinski definition) is 2. The predicted octanol–water partition coefficient (Wildman–Crippen LogP) is 2.30. The Morgan fingerprint density at radius 3 is 2.74 bits per heavy atom. The average molecular weight is 306 g/mol. The lowest BCUT2D eigenvalue weighted by molar-refractivity contribution is -0.126. The first kappa shape index (κ1) is 18.4. The smallest absolute Gasteiger partial charge is 0.239 e. The van der Waals surface area contributed by atoms with Gasteiger partial charge in [-0.25, -0.2) is 4.98 Å². The van der Waals surface area contributed by atoms with E-state index in [1.807, 2.05) is 6.92 Å². The zero-order valence-corrected chi connectivity index (χ0v) is 13.5. The van der Waals surface area contributed by atoms with Crippen molar-refractivity contribution in [3.63, 3.8) is 0 Å². The van der Waals surface area contributed by atoms with Crippen LogP contribution in [-0.4, -0.2) is 23.0 Å². The van der Waals surface area contributed by atoms with Crippen LogP contribution in [0.5, 0.6) is 0 Å². The second kappa shape index (κ2) is 8.51. The average Bonchev–Trinajstić information content (AvgIpc) is 2.76. The summed E-state index contributed by atoms with van der Waals surface area (Å²) in [4.78, 5) is 16.3. The lowest BCUT2D eigenvalue weighted by Gasteiger charge is -2.22. The quantitative estimate of drug-likeness (QED) is 0.812.